The molecule has 0 saturated carbocycles. The molecule has 0 aromatic heterocycles. The zero-order valence-corrected chi connectivity index (χ0v) is 23.9. The summed E-state index contributed by atoms with van der Waals surface area (Å²) in [4.78, 5) is 4.81. The lowest BCUT2D eigenvalue weighted by molar-refractivity contribution is 0.0854. The predicted octanol–water partition coefficient (Wildman–Crippen LogP) is 9.40. The van der Waals surface area contributed by atoms with Gasteiger partial charge in [0.1, 0.15) is 0 Å². The summed E-state index contributed by atoms with van der Waals surface area (Å²) in [5.41, 5.74) is 8.28. The Labute approximate surface area is 222 Å². The molecule has 1 aliphatic heterocycles. The van der Waals surface area contributed by atoms with Gasteiger partial charge in [0.2, 0.25) is 0 Å². The maximum atomic E-state index is 6.06. The van der Waals surface area contributed by atoms with Crippen LogP contribution >= 0.6 is 0 Å². The summed E-state index contributed by atoms with van der Waals surface area (Å²) in [5, 5.41) is 0. The van der Waals surface area contributed by atoms with Gasteiger partial charge in [0, 0.05) is 18.2 Å². The van der Waals surface area contributed by atoms with E-state index in [1.54, 1.807) is 0 Å². The van der Waals surface area contributed by atoms with E-state index in [-0.39, 0.29) is 5.92 Å². The molecule has 0 aromatic carbocycles. The highest BCUT2D eigenvalue weighted by Gasteiger charge is 2.29. The molecule has 0 radical (unpaired) electrons. The van der Waals surface area contributed by atoms with Crippen molar-refractivity contribution in [2.45, 2.75) is 85.7 Å². The van der Waals surface area contributed by atoms with E-state index in [1.807, 2.05) is 6.08 Å². The number of rotatable bonds is 14. The molecule has 1 heterocycles. The molecule has 5 atom stereocenters. The second kappa shape index (κ2) is 14.5. The normalized spacial score (nSPS) is 24.4. The van der Waals surface area contributed by atoms with E-state index in [0.717, 1.165) is 62.8 Å². The molecule has 36 heavy (non-hydrogen) atoms. The van der Waals surface area contributed by atoms with Gasteiger partial charge in [-0.25, -0.2) is 0 Å². The number of ether oxygens (including phenoxy) is 1. The lowest BCUT2D eigenvalue weighted by Gasteiger charge is -2.25. The van der Waals surface area contributed by atoms with Crippen LogP contribution in [0.15, 0.2) is 89.6 Å². The third kappa shape index (κ3) is 8.73. The molecular weight excluding hydrogens is 438 g/mol. The predicted molar refractivity (Wildman–Crippen MR) is 160 cm³/mol. The van der Waals surface area contributed by atoms with Gasteiger partial charge in [0.05, 0.1) is 12.6 Å². The minimum atomic E-state index is 0.287. The molecule has 198 valence electrons. The number of hydrogen-bond acceptors (Lipinski definition) is 2. The Morgan fingerprint density at radius 1 is 1.22 bits per heavy atom. The molecule has 0 N–H and O–H groups in total. The van der Waals surface area contributed by atoms with Gasteiger partial charge >= 0.3 is 0 Å². The van der Waals surface area contributed by atoms with Gasteiger partial charge in [-0.05, 0) is 86.8 Å². The quantitative estimate of drug-likeness (QED) is 0.176. The summed E-state index contributed by atoms with van der Waals surface area (Å²) < 4.78 is 6.06. The molecular formula is C34H51NO. The molecule has 1 saturated heterocycles. The third-order valence-corrected chi connectivity index (χ3v) is 7.77. The average molecular weight is 490 g/mol. The van der Waals surface area contributed by atoms with Crippen molar-refractivity contribution in [1.82, 2.24) is 0 Å². The van der Waals surface area contributed by atoms with Gasteiger partial charge in [-0.1, -0.05) is 88.5 Å². The van der Waals surface area contributed by atoms with Crippen LogP contribution in [0.2, 0.25) is 0 Å². The topological polar surface area (TPSA) is 21.6 Å². The fraction of sp³-hybridized carbons (Fsp3) is 0.559. The van der Waals surface area contributed by atoms with Crippen molar-refractivity contribution in [2.75, 3.05) is 13.2 Å². The second-order valence-electron chi connectivity index (χ2n) is 11.4. The van der Waals surface area contributed by atoms with Crippen molar-refractivity contribution >= 4 is 5.71 Å². The smallest absolute Gasteiger partial charge is 0.0581 e. The summed E-state index contributed by atoms with van der Waals surface area (Å²) >= 11 is 0. The van der Waals surface area contributed by atoms with Gasteiger partial charge in [0.15, 0.2) is 0 Å². The van der Waals surface area contributed by atoms with Crippen LogP contribution in [0.25, 0.3) is 0 Å². The average Bonchev–Trinajstić information content (AvgIpc) is 3.13. The van der Waals surface area contributed by atoms with E-state index in [0.29, 0.717) is 30.4 Å². The van der Waals surface area contributed by atoms with E-state index in [2.05, 4.69) is 79.7 Å². The third-order valence-electron chi connectivity index (χ3n) is 7.77. The summed E-state index contributed by atoms with van der Waals surface area (Å²) in [6.07, 6.45) is 14.1. The van der Waals surface area contributed by atoms with Gasteiger partial charge in [-0.2, -0.15) is 0 Å². The first-order chi connectivity index (χ1) is 17.1. The molecule has 1 fully saturated rings. The monoisotopic (exact) mass is 489 g/mol. The van der Waals surface area contributed by atoms with Gasteiger partial charge in [0.25, 0.3) is 0 Å². The molecule has 0 aromatic rings. The lowest BCUT2D eigenvalue weighted by atomic mass is 9.81. The minimum absolute atomic E-state index is 0.287. The van der Waals surface area contributed by atoms with Crippen molar-refractivity contribution in [2.24, 2.45) is 28.7 Å². The second-order valence-corrected chi connectivity index (χ2v) is 11.4. The first-order valence-corrected chi connectivity index (χ1v) is 13.9. The Bertz CT molecular complexity index is 927. The fourth-order valence-electron chi connectivity index (χ4n) is 5.67. The van der Waals surface area contributed by atoms with E-state index >= 15 is 0 Å². The first-order valence-electron chi connectivity index (χ1n) is 13.9. The van der Waals surface area contributed by atoms with Crippen LogP contribution in [-0.4, -0.2) is 25.0 Å². The van der Waals surface area contributed by atoms with Crippen molar-refractivity contribution in [1.29, 1.82) is 0 Å². The molecule has 0 bridgehead atoms. The Morgan fingerprint density at radius 3 is 2.53 bits per heavy atom. The van der Waals surface area contributed by atoms with E-state index in [1.165, 1.54) is 27.9 Å². The molecule has 0 spiro atoms. The van der Waals surface area contributed by atoms with Crippen molar-refractivity contribution < 1.29 is 4.74 Å². The van der Waals surface area contributed by atoms with E-state index in [9.17, 15) is 0 Å². The molecule has 0 amide bonds. The van der Waals surface area contributed by atoms with Crippen LogP contribution in [0.5, 0.6) is 0 Å². The number of allylic oxidation sites excluding steroid dienone is 8. The van der Waals surface area contributed by atoms with Crippen LogP contribution in [0.1, 0.15) is 79.6 Å². The molecule has 1 aliphatic carbocycles. The van der Waals surface area contributed by atoms with Crippen LogP contribution in [0.3, 0.4) is 0 Å². The number of nitrogens with zero attached hydrogens (tertiary/aromatic N) is 1. The zero-order valence-electron chi connectivity index (χ0n) is 23.9. The largest absolute Gasteiger partial charge is 0.378 e. The highest BCUT2D eigenvalue weighted by atomic mass is 16.5. The van der Waals surface area contributed by atoms with Crippen LogP contribution in [-0.2, 0) is 4.74 Å². The first kappa shape index (κ1) is 30.0. The lowest BCUT2D eigenvalue weighted by Crippen LogP contribution is -2.19. The van der Waals surface area contributed by atoms with E-state index < -0.39 is 0 Å². The summed E-state index contributed by atoms with van der Waals surface area (Å²) in [5.74, 6) is 1.90. The summed E-state index contributed by atoms with van der Waals surface area (Å²) in [6, 6.07) is 0. The molecule has 2 heteroatoms. The highest BCUT2D eigenvalue weighted by molar-refractivity contribution is 6.03. The van der Waals surface area contributed by atoms with Crippen LogP contribution in [0.4, 0.5) is 0 Å². The maximum absolute atomic E-state index is 6.06. The minimum Gasteiger partial charge on any atom is -0.378 e. The standard InChI is InChI=1S/C34H51NO/c1-11-13-30(23(3)4)18-24(5)17-27(8)32-15-14-26(7)33(21-34(32)29(10)35-16-12-2)28(9)20-31-19-25(6)22-36-31/h12,15,21,25,28,30-31,33H,2-3,5,7-8,11,13-14,16-20,22H2,1,4,6,9-10H3/b35-29-/t25-,28?,30+,31-,33?/m1/s1. The Balaban J connectivity index is 2.28. The van der Waals surface area contributed by atoms with Crippen molar-refractivity contribution in [3.8, 4) is 0 Å². The Hall–Kier alpha value is -2.19. The SMILES string of the molecule is C=CC/N=C(/C)C1=CC(C(C)C[C@H]2C[C@@H](C)CO2)C(=C)CC=C1C(=C)CC(=C)C[C@H](CCC)C(=C)C. The van der Waals surface area contributed by atoms with Crippen molar-refractivity contribution in [3.05, 3.63) is 84.6 Å². The zero-order chi connectivity index (χ0) is 26.8. The van der Waals surface area contributed by atoms with Gasteiger partial charge in [-0.3, -0.25) is 4.99 Å². The maximum Gasteiger partial charge on any atom is 0.0581 e. The molecule has 2 aliphatic rings. The molecule has 2 rings (SSSR count). The summed E-state index contributed by atoms with van der Waals surface area (Å²) in [6.45, 7) is 34.2. The number of hydrogen-bond donors (Lipinski definition) is 0. The van der Waals surface area contributed by atoms with E-state index in [4.69, 9.17) is 9.73 Å². The number of aliphatic imine (C=N–C) groups is 1. The molecule has 2 unspecified atom stereocenters. The summed E-state index contributed by atoms with van der Waals surface area (Å²) in [7, 11) is 0. The fourth-order valence-corrected chi connectivity index (χ4v) is 5.67. The highest BCUT2D eigenvalue weighted by Crippen LogP contribution is 2.38. The molecule has 2 nitrogen and oxygen atoms in total. The van der Waals surface area contributed by atoms with Gasteiger partial charge < -0.3 is 4.74 Å². The van der Waals surface area contributed by atoms with Gasteiger partial charge in [-0.15, -0.1) is 6.58 Å². The Morgan fingerprint density at radius 2 is 1.94 bits per heavy atom. The van der Waals surface area contributed by atoms with Crippen LogP contribution in [0, 0.1) is 23.7 Å². The van der Waals surface area contributed by atoms with Crippen molar-refractivity contribution in [3.63, 3.8) is 0 Å². The van der Waals surface area contributed by atoms with Crippen LogP contribution < -0.4 is 0 Å². The Kier molecular flexibility index (Phi) is 12.1.